The van der Waals surface area contributed by atoms with E-state index in [9.17, 15) is 0 Å². The Balaban J connectivity index is 0. The molecule has 0 bridgehead atoms. The molecule has 0 aromatic heterocycles. The van der Waals surface area contributed by atoms with Crippen molar-refractivity contribution >= 4 is 0 Å². The van der Waals surface area contributed by atoms with E-state index < -0.39 is 0 Å². The van der Waals surface area contributed by atoms with Crippen molar-refractivity contribution in [3.8, 4) is 0 Å². The molecule has 0 amide bonds. The van der Waals surface area contributed by atoms with Gasteiger partial charge in [0.2, 0.25) is 0 Å². The summed E-state index contributed by atoms with van der Waals surface area (Å²) in [5, 5.41) is 0. The summed E-state index contributed by atoms with van der Waals surface area (Å²) in [6.07, 6.45) is 0. The topological polar surface area (TPSA) is 0 Å². The number of hydrogen-bond acceptors (Lipinski definition) is 0. The van der Waals surface area contributed by atoms with E-state index in [0.29, 0.717) is 0 Å². The molecule has 0 nitrogen and oxygen atoms in total. The molecule has 0 unspecified atom stereocenters. The smallest absolute Gasteiger partial charge is 1.00 e. The molecule has 0 saturated heterocycles. The first-order valence-electron chi connectivity index (χ1n) is 0. The summed E-state index contributed by atoms with van der Waals surface area (Å²) in [6.45, 7) is 0. The molecule has 0 aromatic carbocycles. The Hall–Kier alpha value is 3.58. The van der Waals surface area contributed by atoms with E-state index >= 15 is 0 Å². The van der Waals surface area contributed by atoms with Crippen LogP contribution in [-0.4, -0.2) is 0 Å². The van der Waals surface area contributed by atoms with Gasteiger partial charge in [-0.25, -0.2) is 0 Å². The Morgan fingerprint density at radius 2 is 0.750 bits per heavy atom. The second-order valence-corrected chi connectivity index (χ2v) is 0. The van der Waals surface area contributed by atoms with Crippen molar-refractivity contribution in [2.75, 3.05) is 0 Å². The monoisotopic (exact) mass is 123 g/mol. The van der Waals surface area contributed by atoms with Crippen LogP contribution in [0.4, 0.5) is 0 Å². The zero-order chi connectivity index (χ0) is 0. The van der Waals surface area contributed by atoms with Gasteiger partial charge in [0.25, 0.3) is 0 Å². The molecular formula is H3Na3V. The zero-order valence-electron chi connectivity index (χ0n) is 6.45. The van der Waals surface area contributed by atoms with Crippen LogP contribution in [-0.2, 0) is 18.6 Å². The first-order chi connectivity index (χ1) is 0. The van der Waals surface area contributed by atoms with Crippen molar-refractivity contribution in [3.05, 3.63) is 0 Å². The maximum atomic E-state index is 0. The third-order valence-electron chi connectivity index (χ3n) is 0. The van der Waals surface area contributed by atoms with Crippen LogP contribution >= 0.6 is 0 Å². The molecule has 0 saturated carbocycles. The van der Waals surface area contributed by atoms with Crippen molar-refractivity contribution < 1.29 is 112 Å². The molecule has 0 heterocycles. The van der Waals surface area contributed by atoms with Crippen LogP contribution in [0.15, 0.2) is 0 Å². The molecule has 0 aromatic rings. The van der Waals surface area contributed by atoms with Gasteiger partial charge in [0, 0.05) is 18.6 Å². The molecule has 11 valence electrons. The standard InChI is InChI=1S/3Na.V.3H/q3*+1;;3*-1. The van der Waals surface area contributed by atoms with Crippen LogP contribution < -0.4 is 88.7 Å². The van der Waals surface area contributed by atoms with Crippen molar-refractivity contribution in [1.29, 1.82) is 0 Å². The average molecular weight is 123 g/mol. The summed E-state index contributed by atoms with van der Waals surface area (Å²) in [7, 11) is 0. The quantitative estimate of drug-likeness (QED) is 0.280. The Bertz CT molecular complexity index is 10.1. The van der Waals surface area contributed by atoms with Crippen molar-refractivity contribution in [3.63, 3.8) is 0 Å². The van der Waals surface area contributed by atoms with Crippen molar-refractivity contribution in [2.24, 2.45) is 0 Å². The van der Waals surface area contributed by atoms with Gasteiger partial charge < -0.3 is 4.28 Å². The number of rotatable bonds is 0. The Kier molecular flexibility index (Phi) is 102. The number of hydrogen-bond donors (Lipinski definition) is 0. The fourth-order valence-corrected chi connectivity index (χ4v) is 0. The maximum Gasteiger partial charge on any atom is 1.00 e. The van der Waals surface area contributed by atoms with Gasteiger partial charge in [-0.05, 0) is 0 Å². The fraction of sp³-hybridized carbons (Fsp3) is 0. The molecule has 0 atom stereocenters. The van der Waals surface area contributed by atoms with Crippen molar-refractivity contribution in [2.45, 2.75) is 0 Å². The van der Waals surface area contributed by atoms with Gasteiger partial charge in [0.1, 0.15) is 0 Å². The molecule has 0 spiro atoms. The second-order valence-electron chi connectivity index (χ2n) is 0. The minimum absolute atomic E-state index is 0. The maximum absolute atomic E-state index is 0. The second kappa shape index (κ2) is 16.0. The molecule has 0 rings (SSSR count). The predicted molar refractivity (Wildman–Crippen MR) is 3.34 cm³/mol. The Morgan fingerprint density at radius 3 is 0.750 bits per heavy atom. The zero-order valence-corrected chi connectivity index (χ0v) is 10.8. The molecule has 0 aliphatic carbocycles. The summed E-state index contributed by atoms with van der Waals surface area (Å²) in [4.78, 5) is 0. The first-order valence-corrected chi connectivity index (χ1v) is 0. The van der Waals surface area contributed by atoms with Gasteiger partial charge in [-0.2, -0.15) is 0 Å². The minimum atomic E-state index is 0. The van der Waals surface area contributed by atoms with Gasteiger partial charge in [-0.15, -0.1) is 0 Å². The van der Waals surface area contributed by atoms with E-state index in [1.54, 1.807) is 0 Å². The van der Waals surface area contributed by atoms with E-state index in [-0.39, 0.29) is 112 Å². The third kappa shape index (κ3) is 9.14. The molecule has 0 aliphatic rings. The van der Waals surface area contributed by atoms with E-state index in [1.165, 1.54) is 0 Å². The average Bonchev–Trinajstić information content (AvgIpc) is 0. The van der Waals surface area contributed by atoms with Gasteiger partial charge in [-0.3, -0.25) is 0 Å². The summed E-state index contributed by atoms with van der Waals surface area (Å²) < 4.78 is 0. The Labute approximate surface area is 109 Å². The van der Waals surface area contributed by atoms with Crippen LogP contribution in [0.2, 0.25) is 0 Å². The molecule has 0 fully saturated rings. The van der Waals surface area contributed by atoms with E-state index in [1.807, 2.05) is 0 Å². The van der Waals surface area contributed by atoms with Gasteiger partial charge >= 0.3 is 88.7 Å². The first kappa shape index (κ1) is 25.6. The van der Waals surface area contributed by atoms with Gasteiger partial charge in [0.15, 0.2) is 0 Å². The van der Waals surface area contributed by atoms with E-state index in [2.05, 4.69) is 0 Å². The summed E-state index contributed by atoms with van der Waals surface area (Å²) >= 11 is 0. The van der Waals surface area contributed by atoms with Crippen LogP contribution in [0.25, 0.3) is 0 Å². The SMILES string of the molecule is [H-].[H-].[H-].[Na+].[Na+].[Na+].[V]. The molecule has 0 N–H and O–H groups in total. The summed E-state index contributed by atoms with van der Waals surface area (Å²) in [6, 6.07) is 0. The molecule has 4 heteroatoms. The predicted octanol–water partition coefficient (Wildman–Crippen LogP) is -8.65. The van der Waals surface area contributed by atoms with Crippen LogP contribution in [0, 0.1) is 0 Å². The summed E-state index contributed by atoms with van der Waals surface area (Å²) in [5.74, 6) is 0. The van der Waals surface area contributed by atoms with Gasteiger partial charge in [-0.1, -0.05) is 0 Å². The third-order valence-corrected chi connectivity index (χ3v) is 0. The van der Waals surface area contributed by atoms with Crippen molar-refractivity contribution in [1.82, 2.24) is 0 Å². The molecule has 0 aliphatic heterocycles. The fourth-order valence-electron chi connectivity index (χ4n) is 0. The van der Waals surface area contributed by atoms with E-state index in [0.717, 1.165) is 0 Å². The van der Waals surface area contributed by atoms with Crippen LogP contribution in [0.5, 0.6) is 0 Å². The molecule has 1 radical (unpaired) electrons. The summed E-state index contributed by atoms with van der Waals surface area (Å²) in [5.41, 5.74) is 0. The van der Waals surface area contributed by atoms with Crippen LogP contribution in [0.1, 0.15) is 4.28 Å². The largest absolute Gasteiger partial charge is 1.00 e. The molecule has 4 heavy (non-hydrogen) atoms. The van der Waals surface area contributed by atoms with Gasteiger partial charge in [0.05, 0.1) is 0 Å². The van der Waals surface area contributed by atoms with Crippen LogP contribution in [0.3, 0.4) is 0 Å². The Morgan fingerprint density at radius 1 is 0.750 bits per heavy atom. The molecular weight excluding hydrogens is 120 g/mol. The van der Waals surface area contributed by atoms with E-state index in [4.69, 9.17) is 0 Å². The normalized spacial score (nSPS) is 0. The minimum Gasteiger partial charge on any atom is -1.00 e.